The van der Waals surface area contributed by atoms with Crippen LogP contribution in [0.5, 0.6) is 0 Å². The Kier molecular flexibility index (Phi) is 6.08. The van der Waals surface area contributed by atoms with Crippen LogP contribution in [0.25, 0.3) is 0 Å². The van der Waals surface area contributed by atoms with Crippen molar-refractivity contribution in [3.8, 4) is 0 Å². The second-order valence-electron chi connectivity index (χ2n) is 5.03. The number of carboxylic acid groups (broad SMARTS) is 1. The van der Waals surface area contributed by atoms with Gasteiger partial charge in [0.2, 0.25) is 10.0 Å². The average Bonchev–Trinajstić information content (AvgIpc) is 2.29. The number of aliphatic carboxylic acids is 1. The molecule has 1 aliphatic rings. The standard InChI is InChI=1S/C12H23NO4S/c1-2-3-4-9-18(16,17)13-11-7-5-10(6-8-11)12(14)15/h10-11,13H,2-9H2,1H3,(H,14,15). The summed E-state index contributed by atoms with van der Waals surface area (Å²) in [6.45, 7) is 2.03. The molecule has 0 aromatic carbocycles. The summed E-state index contributed by atoms with van der Waals surface area (Å²) in [6, 6.07) is -0.0766. The highest BCUT2D eigenvalue weighted by molar-refractivity contribution is 7.89. The maximum Gasteiger partial charge on any atom is 0.306 e. The van der Waals surface area contributed by atoms with Crippen molar-refractivity contribution in [1.29, 1.82) is 0 Å². The van der Waals surface area contributed by atoms with E-state index in [1.807, 2.05) is 6.92 Å². The summed E-state index contributed by atoms with van der Waals surface area (Å²) >= 11 is 0. The van der Waals surface area contributed by atoms with Crippen LogP contribution in [0.3, 0.4) is 0 Å². The Hall–Kier alpha value is -0.620. The Balaban J connectivity index is 2.33. The van der Waals surface area contributed by atoms with Gasteiger partial charge in [-0.3, -0.25) is 4.79 Å². The van der Waals surface area contributed by atoms with Gasteiger partial charge in [0.1, 0.15) is 0 Å². The molecule has 1 fully saturated rings. The molecule has 6 heteroatoms. The summed E-state index contributed by atoms with van der Waals surface area (Å²) in [6.07, 6.45) is 5.01. The lowest BCUT2D eigenvalue weighted by Crippen LogP contribution is -2.39. The molecule has 2 N–H and O–H groups in total. The zero-order valence-corrected chi connectivity index (χ0v) is 11.7. The molecule has 0 atom stereocenters. The van der Waals surface area contributed by atoms with Crippen molar-refractivity contribution in [2.24, 2.45) is 5.92 Å². The molecule has 0 bridgehead atoms. The van der Waals surface area contributed by atoms with Gasteiger partial charge in [-0.1, -0.05) is 19.8 Å². The predicted molar refractivity (Wildman–Crippen MR) is 69.8 cm³/mol. The molecule has 0 aliphatic heterocycles. The third kappa shape index (κ3) is 5.35. The summed E-state index contributed by atoms with van der Waals surface area (Å²) in [5.41, 5.74) is 0. The van der Waals surface area contributed by atoms with E-state index >= 15 is 0 Å². The number of unbranched alkanes of at least 4 members (excludes halogenated alkanes) is 2. The zero-order valence-electron chi connectivity index (χ0n) is 10.9. The number of carbonyl (C=O) groups is 1. The first-order valence-electron chi connectivity index (χ1n) is 6.67. The lowest BCUT2D eigenvalue weighted by molar-refractivity contribution is -0.142. The van der Waals surface area contributed by atoms with Crippen LogP contribution in [-0.2, 0) is 14.8 Å². The van der Waals surface area contributed by atoms with Crippen molar-refractivity contribution in [3.05, 3.63) is 0 Å². The molecule has 0 unspecified atom stereocenters. The second-order valence-corrected chi connectivity index (χ2v) is 6.90. The van der Waals surface area contributed by atoms with Gasteiger partial charge in [0.05, 0.1) is 11.7 Å². The van der Waals surface area contributed by atoms with Crippen LogP contribution in [0.1, 0.15) is 51.9 Å². The van der Waals surface area contributed by atoms with E-state index in [0.717, 1.165) is 12.8 Å². The van der Waals surface area contributed by atoms with E-state index in [-0.39, 0.29) is 17.7 Å². The fourth-order valence-corrected chi connectivity index (χ4v) is 3.76. The molecule has 0 saturated heterocycles. The van der Waals surface area contributed by atoms with E-state index in [0.29, 0.717) is 32.1 Å². The first-order chi connectivity index (χ1) is 8.44. The van der Waals surface area contributed by atoms with Gasteiger partial charge in [-0.2, -0.15) is 0 Å². The van der Waals surface area contributed by atoms with E-state index in [4.69, 9.17) is 5.11 Å². The van der Waals surface area contributed by atoms with Gasteiger partial charge in [-0.05, 0) is 32.1 Å². The van der Waals surface area contributed by atoms with E-state index in [9.17, 15) is 13.2 Å². The number of rotatable bonds is 7. The summed E-state index contributed by atoms with van der Waals surface area (Å²) in [5.74, 6) is -0.884. The Morgan fingerprint density at radius 3 is 2.33 bits per heavy atom. The van der Waals surface area contributed by atoms with Crippen molar-refractivity contribution >= 4 is 16.0 Å². The summed E-state index contributed by atoms with van der Waals surface area (Å²) in [7, 11) is -3.19. The summed E-state index contributed by atoms with van der Waals surface area (Å²) in [4.78, 5) is 10.8. The summed E-state index contributed by atoms with van der Waals surface area (Å²) in [5, 5.41) is 8.86. The van der Waals surface area contributed by atoms with Gasteiger partial charge >= 0.3 is 5.97 Å². The Bertz CT molecular complexity index is 358. The second kappa shape index (κ2) is 7.09. The van der Waals surface area contributed by atoms with Crippen LogP contribution in [0.15, 0.2) is 0 Å². The molecule has 5 nitrogen and oxygen atoms in total. The van der Waals surface area contributed by atoms with Gasteiger partial charge in [0.15, 0.2) is 0 Å². The smallest absolute Gasteiger partial charge is 0.306 e. The fourth-order valence-electron chi connectivity index (χ4n) is 2.31. The molecule has 0 spiro atoms. The predicted octanol–water partition coefficient (Wildman–Crippen LogP) is 1.74. The maximum absolute atomic E-state index is 11.8. The molecule has 1 rings (SSSR count). The van der Waals surface area contributed by atoms with Crippen molar-refractivity contribution in [2.45, 2.75) is 57.9 Å². The molecule has 18 heavy (non-hydrogen) atoms. The van der Waals surface area contributed by atoms with Gasteiger partial charge in [-0.15, -0.1) is 0 Å². The summed E-state index contributed by atoms with van der Waals surface area (Å²) < 4.78 is 26.2. The van der Waals surface area contributed by atoms with Crippen LogP contribution in [-0.4, -0.2) is 31.3 Å². The molecule has 106 valence electrons. The molecule has 0 amide bonds. The minimum Gasteiger partial charge on any atom is -0.481 e. The Morgan fingerprint density at radius 1 is 1.22 bits per heavy atom. The molecule has 1 saturated carbocycles. The normalized spacial score (nSPS) is 24.9. The minimum atomic E-state index is -3.19. The third-order valence-electron chi connectivity index (χ3n) is 3.44. The van der Waals surface area contributed by atoms with Gasteiger partial charge in [-0.25, -0.2) is 13.1 Å². The topological polar surface area (TPSA) is 83.5 Å². The van der Waals surface area contributed by atoms with Crippen LogP contribution in [0, 0.1) is 5.92 Å². The fraction of sp³-hybridized carbons (Fsp3) is 0.917. The largest absolute Gasteiger partial charge is 0.481 e. The van der Waals surface area contributed by atoms with Crippen LogP contribution < -0.4 is 4.72 Å². The van der Waals surface area contributed by atoms with Gasteiger partial charge in [0, 0.05) is 6.04 Å². The van der Waals surface area contributed by atoms with Gasteiger partial charge < -0.3 is 5.11 Å². The van der Waals surface area contributed by atoms with Crippen LogP contribution >= 0.6 is 0 Å². The van der Waals surface area contributed by atoms with Crippen molar-refractivity contribution in [3.63, 3.8) is 0 Å². The lowest BCUT2D eigenvalue weighted by Gasteiger charge is -2.26. The number of hydrogen-bond donors (Lipinski definition) is 2. The maximum atomic E-state index is 11.8. The Labute approximate surface area is 109 Å². The van der Waals surface area contributed by atoms with Crippen LogP contribution in [0.4, 0.5) is 0 Å². The van der Waals surface area contributed by atoms with Crippen molar-refractivity contribution in [1.82, 2.24) is 4.72 Å². The van der Waals surface area contributed by atoms with Crippen LogP contribution in [0.2, 0.25) is 0 Å². The quantitative estimate of drug-likeness (QED) is 0.694. The van der Waals surface area contributed by atoms with E-state index < -0.39 is 16.0 Å². The molecule has 0 heterocycles. The molecular weight excluding hydrogens is 254 g/mol. The molecule has 0 aromatic rings. The van der Waals surface area contributed by atoms with Gasteiger partial charge in [0.25, 0.3) is 0 Å². The van der Waals surface area contributed by atoms with E-state index in [2.05, 4.69) is 4.72 Å². The number of carboxylic acids is 1. The third-order valence-corrected chi connectivity index (χ3v) is 4.96. The highest BCUT2D eigenvalue weighted by Gasteiger charge is 2.27. The zero-order chi connectivity index (χ0) is 13.6. The molecule has 0 aromatic heterocycles. The SMILES string of the molecule is CCCCCS(=O)(=O)NC1CCC(C(=O)O)CC1. The van der Waals surface area contributed by atoms with E-state index in [1.54, 1.807) is 0 Å². The molecule has 0 radical (unpaired) electrons. The van der Waals surface area contributed by atoms with E-state index in [1.165, 1.54) is 0 Å². The monoisotopic (exact) mass is 277 g/mol. The van der Waals surface area contributed by atoms with Crippen molar-refractivity contribution in [2.75, 3.05) is 5.75 Å². The Morgan fingerprint density at radius 2 is 1.83 bits per heavy atom. The average molecular weight is 277 g/mol. The minimum absolute atomic E-state index is 0.0766. The van der Waals surface area contributed by atoms with Crippen molar-refractivity contribution < 1.29 is 18.3 Å². The lowest BCUT2D eigenvalue weighted by atomic mass is 9.87. The number of hydrogen-bond acceptors (Lipinski definition) is 3. The molecular formula is C12H23NO4S. The first kappa shape index (κ1) is 15.4. The number of nitrogens with one attached hydrogen (secondary N) is 1. The number of sulfonamides is 1. The highest BCUT2D eigenvalue weighted by Crippen LogP contribution is 2.24. The first-order valence-corrected chi connectivity index (χ1v) is 8.32. The molecule has 1 aliphatic carbocycles. The highest BCUT2D eigenvalue weighted by atomic mass is 32.2.